The number of aromatic nitrogens is 5. The molecule has 150 valence electrons. The van der Waals surface area contributed by atoms with E-state index in [4.69, 9.17) is 4.74 Å². The van der Waals surface area contributed by atoms with Crippen LogP contribution in [0.2, 0.25) is 0 Å². The lowest BCUT2D eigenvalue weighted by Crippen LogP contribution is -2.13. The topological polar surface area (TPSA) is 74.8 Å². The molecule has 4 aromatic rings. The molecule has 0 fully saturated rings. The summed E-state index contributed by atoms with van der Waals surface area (Å²) in [7, 11) is 0. The van der Waals surface area contributed by atoms with Gasteiger partial charge in [-0.25, -0.2) is 9.78 Å². The van der Waals surface area contributed by atoms with E-state index >= 15 is 0 Å². The van der Waals surface area contributed by atoms with Gasteiger partial charge in [-0.05, 0) is 30.7 Å². The minimum absolute atomic E-state index is 0.297. The fourth-order valence-corrected chi connectivity index (χ4v) is 4.12. The second-order valence-corrected chi connectivity index (χ2v) is 7.90. The van der Waals surface area contributed by atoms with Gasteiger partial charge in [0, 0.05) is 16.5 Å². The summed E-state index contributed by atoms with van der Waals surface area (Å²) in [6.07, 6.45) is 2.31. The van der Waals surface area contributed by atoms with Crippen LogP contribution in [0.1, 0.15) is 34.5 Å². The maximum absolute atomic E-state index is 12.5. The van der Waals surface area contributed by atoms with E-state index in [-0.39, 0.29) is 0 Å². The molecule has 2 aromatic carbocycles. The number of hydrogen-bond donors (Lipinski definition) is 0. The van der Waals surface area contributed by atoms with Gasteiger partial charge < -0.3 is 9.30 Å². The molecule has 1 aliphatic rings. The van der Waals surface area contributed by atoms with E-state index in [0.29, 0.717) is 25.3 Å². The fraction of sp³-hybridized carbons (Fsp3) is 0.182. The molecule has 0 radical (unpaired) electrons. The second kappa shape index (κ2) is 7.53. The number of benzene rings is 2. The molecule has 0 spiro atoms. The van der Waals surface area contributed by atoms with Gasteiger partial charge in [-0.3, -0.25) is 4.57 Å². The molecular weight excluding hydrogens is 446 g/mol. The molecule has 30 heavy (non-hydrogen) atoms. The normalized spacial score (nSPS) is 11.9. The Kier molecular flexibility index (Phi) is 4.71. The van der Waals surface area contributed by atoms with E-state index in [0.717, 1.165) is 38.6 Å². The number of ether oxygens (including phenoxy) is 1. The van der Waals surface area contributed by atoms with Crippen LogP contribution >= 0.6 is 15.9 Å². The minimum Gasteiger partial charge on any atom is -0.461 e. The van der Waals surface area contributed by atoms with Gasteiger partial charge in [-0.15, -0.1) is 10.2 Å². The van der Waals surface area contributed by atoms with E-state index in [2.05, 4.69) is 47.8 Å². The summed E-state index contributed by atoms with van der Waals surface area (Å²) in [5, 5.41) is 8.99. The van der Waals surface area contributed by atoms with Crippen LogP contribution in [-0.2, 0) is 17.7 Å². The molecule has 5 rings (SSSR count). The smallest absolute Gasteiger partial charge is 0.358 e. The van der Waals surface area contributed by atoms with Gasteiger partial charge >= 0.3 is 5.97 Å². The molecule has 7 nitrogen and oxygen atoms in total. The largest absolute Gasteiger partial charge is 0.461 e. The van der Waals surface area contributed by atoms with Crippen molar-refractivity contribution in [3.63, 3.8) is 0 Å². The lowest BCUT2D eigenvalue weighted by Gasteiger charge is -2.09. The van der Waals surface area contributed by atoms with Crippen LogP contribution in [0.5, 0.6) is 0 Å². The van der Waals surface area contributed by atoms with Crippen molar-refractivity contribution < 1.29 is 9.53 Å². The predicted molar refractivity (Wildman–Crippen MR) is 115 cm³/mol. The zero-order valence-corrected chi connectivity index (χ0v) is 17.8. The lowest BCUT2D eigenvalue weighted by molar-refractivity contribution is 0.0518. The van der Waals surface area contributed by atoms with Crippen molar-refractivity contribution >= 4 is 21.9 Å². The number of rotatable bonds is 4. The Balaban J connectivity index is 1.69. The van der Waals surface area contributed by atoms with Gasteiger partial charge in [0.25, 0.3) is 0 Å². The summed E-state index contributed by atoms with van der Waals surface area (Å²) in [6.45, 7) is 2.51. The molecule has 0 saturated carbocycles. The predicted octanol–water partition coefficient (Wildman–Crippen LogP) is 4.02. The number of hydrogen-bond acceptors (Lipinski definition) is 5. The van der Waals surface area contributed by atoms with Gasteiger partial charge in [0.15, 0.2) is 11.5 Å². The average molecular weight is 464 g/mol. The van der Waals surface area contributed by atoms with Crippen molar-refractivity contribution in [2.45, 2.75) is 19.9 Å². The lowest BCUT2D eigenvalue weighted by atomic mass is 10.1. The van der Waals surface area contributed by atoms with Crippen LogP contribution in [0.4, 0.5) is 0 Å². The Morgan fingerprint density at radius 1 is 1.17 bits per heavy atom. The van der Waals surface area contributed by atoms with Crippen molar-refractivity contribution in [1.29, 1.82) is 0 Å². The van der Waals surface area contributed by atoms with Crippen LogP contribution in [0, 0.1) is 0 Å². The van der Waals surface area contributed by atoms with E-state index < -0.39 is 5.97 Å². The molecule has 0 unspecified atom stereocenters. The van der Waals surface area contributed by atoms with Crippen LogP contribution < -0.4 is 0 Å². The summed E-state index contributed by atoms with van der Waals surface area (Å²) >= 11 is 3.56. The van der Waals surface area contributed by atoms with Crippen LogP contribution in [0.3, 0.4) is 0 Å². The van der Waals surface area contributed by atoms with Crippen molar-refractivity contribution in [2.75, 3.05) is 6.61 Å². The first-order valence-corrected chi connectivity index (χ1v) is 10.4. The fourth-order valence-electron chi connectivity index (χ4n) is 3.76. The zero-order chi connectivity index (χ0) is 20.7. The standard InChI is InChI=1S/C22H18BrN5O2/c1-2-30-22(29)20-18-12-27-19(10-14-6-4-3-5-7-14)25-26-21(27)16-11-15(23)8-9-17(16)28(18)13-24-20/h3-9,11,13H,2,10,12H2,1H3. The van der Waals surface area contributed by atoms with Gasteiger partial charge in [0.1, 0.15) is 12.2 Å². The Bertz CT molecular complexity index is 1250. The number of imidazole rings is 1. The molecule has 0 N–H and O–H groups in total. The maximum atomic E-state index is 12.5. The van der Waals surface area contributed by atoms with Crippen molar-refractivity contribution in [1.82, 2.24) is 24.3 Å². The Hall–Kier alpha value is -3.26. The summed E-state index contributed by atoms with van der Waals surface area (Å²) in [5.74, 6) is 1.16. The minimum atomic E-state index is -0.425. The second-order valence-electron chi connectivity index (χ2n) is 6.98. The van der Waals surface area contributed by atoms with Gasteiger partial charge in [0.2, 0.25) is 0 Å². The quantitative estimate of drug-likeness (QED) is 0.376. The van der Waals surface area contributed by atoms with Gasteiger partial charge in [-0.2, -0.15) is 0 Å². The molecule has 3 heterocycles. The first-order chi connectivity index (χ1) is 14.7. The number of halogens is 1. The number of carbonyl (C=O) groups is 1. The molecule has 2 aromatic heterocycles. The highest BCUT2D eigenvalue weighted by Gasteiger charge is 2.28. The molecular formula is C22H18BrN5O2. The molecule has 1 aliphatic heterocycles. The Morgan fingerprint density at radius 3 is 2.80 bits per heavy atom. The van der Waals surface area contributed by atoms with E-state index in [1.165, 1.54) is 0 Å². The third-order valence-electron chi connectivity index (χ3n) is 5.13. The summed E-state index contributed by atoms with van der Waals surface area (Å²) in [6, 6.07) is 16.1. The van der Waals surface area contributed by atoms with Gasteiger partial charge in [0.05, 0.1) is 24.5 Å². The van der Waals surface area contributed by atoms with E-state index in [1.807, 2.05) is 41.0 Å². The highest BCUT2D eigenvalue weighted by molar-refractivity contribution is 9.10. The Labute approximate surface area is 181 Å². The SMILES string of the molecule is CCOC(=O)c1ncn2c1Cn1c(Cc3ccccc3)nnc1-c1cc(Br)ccc1-2. The summed E-state index contributed by atoms with van der Waals surface area (Å²) in [4.78, 5) is 16.9. The van der Waals surface area contributed by atoms with Crippen molar-refractivity contribution in [2.24, 2.45) is 0 Å². The van der Waals surface area contributed by atoms with Crippen molar-refractivity contribution in [3.05, 3.63) is 82.1 Å². The monoisotopic (exact) mass is 463 g/mol. The van der Waals surface area contributed by atoms with Crippen LogP contribution in [-0.4, -0.2) is 36.9 Å². The Morgan fingerprint density at radius 2 is 2.00 bits per heavy atom. The number of esters is 1. The van der Waals surface area contributed by atoms with Crippen molar-refractivity contribution in [3.8, 4) is 17.1 Å². The van der Waals surface area contributed by atoms with E-state index in [9.17, 15) is 4.79 Å². The molecule has 0 bridgehead atoms. The van der Waals surface area contributed by atoms with Gasteiger partial charge in [-0.1, -0.05) is 46.3 Å². The molecule has 8 heteroatoms. The number of nitrogens with zero attached hydrogens (tertiary/aromatic N) is 5. The number of carbonyl (C=O) groups excluding carboxylic acids is 1. The first kappa shape index (κ1) is 18.7. The highest BCUT2D eigenvalue weighted by Crippen LogP contribution is 2.34. The molecule has 0 aliphatic carbocycles. The maximum Gasteiger partial charge on any atom is 0.358 e. The van der Waals surface area contributed by atoms with Crippen LogP contribution in [0.15, 0.2) is 59.3 Å². The summed E-state index contributed by atoms with van der Waals surface area (Å²) in [5.41, 5.74) is 4.03. The first-order valence-electron chi connectivity index (χ1n) is 9.65. The molecule has 0 atom stereocenters. The van der Waals surface area contributed by atoms with Crippen LogP contribution in [0.25, 0.3) is 17.1 Å². The van der Waals surface area contributed by atoms with E-state index in [1.54, 1.807) is 13.3 Å². The highest BCUT2D eigenvalue weighted by atomic mass is 79.9. The third kappa shape index (κ3) is 3.13. The average Bonchev–Trinajstić information content (AvgIpc) is 3.31. The molecule has 0 amide bonds. The zero-order valence-electron chi connectivity index (χ0n) is 16.2. The molecule has 0 saturated heterocycles. The number of fused-ring (bicyclic) bond motifs is 5. The third-order valence-corrected chi connectivity index (χ3v) is 5.63. The summed E-state index contributed by atoms with van der Waals surface area (Å²) < 4.78 is 10.2.